The highest BCUT2D eigenvalue weighted by molar-refractivity contribution is 6.01. The lowest BCUT2D eigenvalue weighted by Crippen LogP contribution is -2.58. The maximum Gasteiger partial charge on any atom is 0.408 e. The second kappa shape index (κ2) is 12.6. The van der Waals surface area contributed by atoms with Crippen molar-refractivity contribution in [2.75, 3.05) is 5.32 Å². The molecular weight excluding hydrogens is 532 g/mol. The SMILES string of the molecule is Cc1cccc(C)c1C(C(=O)Nc1ccc2ccccc2c1)N(C(=O)C(CC(N)=O)NC(=O)OC(C)(C)C)C(C)(C)C. The fourth-order valence-corrected chi connectivity index (χ4v) is 4.98. The van der Waals surface area contributed by atoms with Crippen LogP contribution in [0.25, 0.3) is 10.8 Å². The number of anilines is 1. The summed E-state index contributed by atoms with van der Waals surface area (Å²) in [5, 5.41) is 7.50. The van der Waals surface area contributed by atoms with Gasteiger partial charge >= 0.3 is 6.09 Å². The highest BCUT2D eigenvalue weighted by atomic mass is 16.6. The number of nitrogens with zero attached hydrogens (tertiary/aromatic N) is 1. The van der Waals surface area contributed by atoms with Crippen molar-refractivity contribution in [1.29, 1.82) is 0 Å². The first-order valence-electron chi connectivity index (χ1n) is 13.9. The number of fused-ring (bicyclic) bond motifs is 1. The zero-order chi connectivity index (χ0) is 31.4. The average Bonchev–Trinajstić information content (AvgIpc) is 2.85. The van der Waals surface area contributed by atoms with Crippen molar-refractivity contribution in [2.24, 2.45) is 5.73 Å². The Balaban J connectivity index is 2.13. The highest BCUT2D eigenvalue weighted by Crippen LogP contribution is 2.35. The van der Waals surface area contributed by atoms with Gasteiger partial charge in [-0.2, -0.15) is 0 Å². The molecule has 0 aromatic heterocycles. The Bertz CT molecular complexity index is 1470. The van der Waals surface area contributed by atoms with Crippen molar-refractivity contribution in [2.45, 2.75) is 85.0 Å². The van der Waals surface area contributed by atoms with Gasteiger partial charge in [-0.1, -0.05) is 48.5 Å². The Labute approximate surface area is 247 Å². The number of hydrogen-bond donors (Lipinski definition) is 3. The summed E-state index contributed by atoms with van der Waals surface area (Å²) in [6.45, 7) is 14.2. The van der Waals surface area contributed by atoms with E-state index in [1.165, 1.54) is 4.90 Å². The molecule has 2 atom stereocenters. The molecule has 0 saturated carbocycles. The second-order valence-electron chi connectivity index (χ2n) is 12.5. The van der Waals surface area contributed by atoms with Crippen LogP contribution in [0.4, 0.5) is 10.5 Å². The van der Waals surface area contributed by atoms with Crippen LogP contribution in [0.15, 0.2) is 60.7 Å². The van der Waals surface area contributed by atoms with E-state index in [9.17, 15) is 19.2 Å². The van der Waals surface area contributed by atoms with Crippen LogP contribution in [-0.2, 0) is 19.1 Å². The van der Waals surface area contributed by atoms with Gasteiger partial charge in [0.2, 0.25) is 11.8 Å². The van der Waals surface area contributed by atoms with Crippen LogP contribution in [-0.4, -0.2) is 45.9 Å². The fourth-order valence-electron chi connectivity index (χ4n) is 4.98. The van der Waals surface area contributed by atoms with Gasteiger partial charge in [-0.25, -0.2) is 4.79 Å². The van der Waals surface area contributed by atoms with E-state index in [4.69, 9.17) is 10.5 Å². The lowest BCUT2D eigenvalue weighted by Gasteiger charge is -2.43. The van der Waals surface area contributed by atoms with Crippen LogP contribution in [0.3, 0.4) is 0 Å². The number of carbonyl (C=O) groups is 4. The van der Waals surface area contributed by atoms with Crippen LogP contribution in [0, 0.1) is 13.8 Å². The predicted octanol–water partition coefficient (Wildman–Crippen LogP) is 5.53. The lowest BCUT2D eigenvalue weighted by atomic mass is 9.90. The van der Waals surface area contributed by atoms with E-state index in [0.717, 1.165) is 21.9 Å². The summed E-state index contributed by atoms with van der Waals surface area (Å²) in [5.74, 6) is -1.88. The third kappa shape index (κ3) is 8.09. The molecule has 9 heteroatoms. The summed E-state index contributed by atoms with van der Waals surface area (Å²) in [6.07, 6.45) is -1.35. The standard InChI is InChI=1S/C33H42N4O5/c1-20-12-11-13-21(2)27(20)28(29(39)35-24-17-16-22-14-9-10-15-23(22)18-24)37(32(3,4)5)30(40)25(19-26(34)38)36-31(41)42-33(6,7)8/h9-18,25,28H,19H2,1-8H3,(H2,34,38)(H,35,39)(H,36,41). The molecule has 224 valence electrons. The van der Waals surface area contributed by atoms with Crippen molar-refractivity contribution >= 4 is 40.3 Å². The number of amides is 4. The molecule has 3 aromatic carbocycles. The number of nitrogens with one attached hydrogen (secondary N) is 2. The minimum absolute atomic E-state index is 0.443. The Morgan fingerprint density at radius 3 is 2.00 bits per heavy atom. The lowest BCUT2D eigenvalue weighted by molar-refractivity contribution is -0.147. The third-order valence-electron chi connectivity index (χ3n) is 6.69. The summed E-state index contributed by atoms with van der Waals surface area (Å²) in [5.41, 5.74) is 6.57. The number of carbonyl (C=O) groups excluding carboxylic acids is 4. The minimum atomic E-state index is -1.36. The second-order valence-corrected chi connectivity index (χ2v) is 12.5. The quantitative estimate of drug-likeness (QED) is 0.326. The van der Waals surface area contributed by atoms with Crippen LogP contribution < -0.4 is 16.4 Å². The Morgan fingerprint density at radius 1 is 0.857 bits per heavy atom. The first-order valence-corrected chi connectivity index (χ1v) is 13.9. The molecule has 2 unspecified atom stereocenters. The molecule has 0 bridgehead atoms. The van der Waals surface area contributed by atoms with E-state index in [1.807, 2.05) is 74.5 Å². The summed E-state index contributed by atoms with van der Waals surface area (Å²) in [4.78, 5) is 54.9. The molecular formula is C33H42N4O5. The van der Waals surface area contributed by atoms with Crippen molar-refractivity contribution < 1.29 is 23.9 Å². The molecule has 0 heterocycles. The number of alkyl carbamates (subject to hydrolysis) is 1. The number of nitrogens with two attached hydrogens (primary N) is 1. The zero-order valence-electron chi connectivity index (χ0n) is 25.7. The summed E-state index contributed by atoms with van der Waals surface area (Å²) in [6, 6.07) is 16.6. The molecule has 0 saturated heterocycles. The van der Waals surface area contributed by atoms with Crippen molar-refractivity contribution in [3.63, 3.8) is 0 Å². The van der Waals surface area contributed by atoms with Gasteiger partial charge in [0, 0.05) is 11.2 Å². The fraction of sp³-hybridized carbons (Fsp3) is 0.394. The maximum atomic E-state index is 14.4. The molecule has 0 aliphatic rings. The Kier molecular flexibility index (Phi) is 9.66. The monoisotopic (exact) mass is 574 g/mol. The van der Waals surface area contributed by atoms with E-state index >= 15 is 0 Å². The van der Waals surface area contributed by atoms with E-state index in [-0.39, 0.29) is 0 Å². The van der Waals surface area contributed by atoms with Gasteiger partial charge in [0.15, 0.2) is 0 Å². The van der Waals surface area contributed by atoms with Crippen LogP contribution in [0.2, 0.25) is 0 Å². The van der Waals surface area contributed by atoms with Gasteiger partial charge in [0.05, 0.1) is 6.42 Å². The number of rotatable bonds is 8. The summed E-state index contributed by atoms with van der Waals surface area (Å²) < 4.78 is 5.36. The van der Waals surface area contributed by atoms with E-state index < -0.39 is 53.5 Å². The Hall–Kier alpha value is -4.40. The van der Waals surface area contributed by atoms with E-state index in [1.54, 1.807) is 41.5 Å². The highest BCUT2D eigenvalue weighted by Gasteiger charge is 2.43. The zero-order valence-corrected chi connectivity index (χ0v) is 25.7. The molecule has 0 aliphatic heterocycles. The largest absolute Gasteiger partial charge is 0.444 e. The topological polar surface area (TPSA) is 131 Å². The van der Waals surface area contributed by atoms with Crippen LogP contribution in [0.5, 0.6) is 0 Å². The molecule has 0 fully saturated rings. The molecule has 4 amide bonds. The van der Waals surface area contributed by atoms with Gasteiger partial charge in [0.1, 0.15) is 17.7 Å². The molecule has 0 radical (unpaired) electrons. The average molecular weight is 575 g/mol. The smallest absolute Gasteiger partial charge is 0.408 e. The molecule has 0 spiro atoms. The number of hydrogen-bond acceptors (Lipinski definition) is 5. The first-order chi connectivity index (χ1) is 19.5. The number of aryl methyl sites for hydroxylation is 2. The first kappa shape index (κ1) is 32.1. The molecule has 3 aromatic rings. The van der Waals surface area contributed by atoms with Crippen molar-refractivity contribution in [3.8, 4) is 0 Å². The van der Waals surface area contributed by atoms with Gasteiger partial charge < -0.3 is 26.0 Å². The normalized spacial score (nSPS) is 13.1. The van der Waals surface area contributed by atoms with Crippen molar-refractivity contribution in [1.82, 2.24) is 10.2 Å². The maximum absolute atomic E-state index is 14.4. The Morgan fingerprint density at radius 2 is 1.45 bits per heavy atom. The van der Waals surface area contributed by atoms with E-state index in [2.05, 4.69) is 10.6 Å². The van der Waals surface area contributed by atoms with Crippen molar-refractivity contribution in [3.05, 3.63) is 77.4 Å². The number of primary amides is 1. The number of ether oxygens (including phenoxy) is 1. The minimum Gasteiger partial charge on any atom is -0.444 e. The molecule has 9 nitrogen and oxygen atoms in total. The molecule has 3 rings (SSSR count). The predicted molar refractivity (Wildman–Crippen MR) is 165 cm³/mol. The molecule has 42 heavy (non-hydrogen) atoms. The van der Waals surface area contributed by atoms with Gasteiger partial charge in [-0.3, -0.25) is 14.4 Å². The van der Waals surface area contributed by atoms with Crippen LogP contribution >= 0.6 is 0 Å². The number of benzene rings is 3. The van der Waals surface area contributed by atoms with Gasteiger partial charge in [-0.05, 0) is 95.0 Å². The third-order valence-corrected chi connectivity index (χ3v) is 6.69. The van der Waals surface area contributed by atoms with Gasteiger partial charge in [-0.15, -0.1) is 0 Å². The summed E-state index contributed by atoms with van der Waals surface area (Å²) >= 11 is 0. The van der Waals surface area contributed by atoms with Gasteiger partial charge in [0.25, 0.3) is 5.91 Å². The molecule has 4 N–H and O–H groups in total. The van der Waals surface area contributed by atoms with E-state index in [0.29, 0.717) is 11.3 Å². The summed E-state index contributed by atoms with van der Waals surface area (Å²) in [7, 11) is 0. The van der Waals surface area contributed by atoms with Crippen LogP contribution in [0.1, 0.15) is 70.7 Å². The molecule has 0 aliphatic carbocycles.